The number of carbonyl (C=O) groups is 5. The van der Waals surface area contributed by atoms with Crippen molar-refractivity contribution in [1.82, 2.24) is 26.0 Å². The van der Waals surface area contributed by atoms with Crippen LogP contribution >= 0.6 is 11.6 Å². The van der Waals surface area contributed by atoms with E-state index < -0.39 is 53.4 Å². The van der Waals surface area contributed by atoms with Crippen molar-refractivity contribution in [3.63, 3.8) is 0 Å². The average Bonchev–Trinajstić information content (AvgIpc) is 3.47. The summed E-state index contributed by atoms with van der Waals surface area (Å²) in [5, 5.41) is 4.75. The highest BCUT2D eigenvalue weighted by Crippen LogP contribution is 2.42. The molecule has 0 aromatic carbocycles. The smallest absolute Gasteiger partial charge is 0.356 e. The largest absolute Gasteiger partial charge is 0.471 e. The second-order valence-corrected chi connectivity index (χ2v) is 9.37. The molecular weight excluding hydrogens is 502 g/mol. The van der Waals surface area contributed by atoms with E-state index in [0.717, 1.165) is 18.2 Å². The molecule has 3 aliphatic rings. The Bertz CT molecular complexity index is 888. The number of nitrogens with zero attached hydrogens (tertiary/aromatic N) is 2. The first-order valence-electron chi connectivity index (χ1n) is 11.2. The number of likely N-dealkylation sites (tertiary alicyclic amines) is 1. The number of nitrogens with one attached hydrogen (secondary N) is 3. The van der Waals surface area contributed by atoms with Gasteiger partial charge in [0, 0.05) is 13.1 Å². The molecule has 0 unspecified atom stereocenters. The lowest BCUT2D eigenvalue weighted by atomic mass is 9.93. The van der Waals surface area contributed by atoms with Crippen molar-refractivity contribution in [1.29, 1.82) is 0 Å². The lowest BCUT2D eigenvalue weighted by Crippen LogP contribution is -2.59. The van der Waals surface area contributed by atoms with Crippen LogP contribution < -0.4 is 16.1 Å². The van der Waals surface area contributed by atoms with Gasteiger partial charge in [0.1, 0.15) is 12.1 Å². The molecule has 0 aromatic heterocycles. The first-order chi connectivity index (χ1) is 16.3. The third kappa shape index (κ3) is 5.96. The fourth-order valence-electron chi connectivity index (χ4n) is 5.00. The molecule has 3 rings (SSSR count). The van der Waals surface area contributed by atoms with Crippen LogP contribution in [0.2, 0.25) is 0 Å². The van der Waals surface area contributed by atoms with Crippen LogP contribution in [0.15, 0.2) is 0 Å². The molecule has 3 fully saturated rings. The molecule has 1 saturated carbocycles. The molecule has 196 valence electrons. The molecule has 3 N–H and O–H groups in total. The molecule has 15 heteroatoms. The number of carbonyl (C=O) groups excluding carboxylic acids is 5. The maximum absolute atomic E-state index is 13.6. The van der Waals surface area contributed by atoms with Crippen LogP contribution in [-0.4, -0.2) is 83.0 Å². The van der Waals surface area contributed by atoms with Gasteiger partial charge < -0.3 is 15.5 Å². The monoisotopic (exact) mass is 527 g/mol. The van der Waals surface area contributed by atoms with E-state index in [0.29, 0.717) is 30.8 Å². The Balaban J connectivity index is 1.78. The summed E-state index contributed by atoms with van der Waals surface area (Å²) in [6.45, 7) is 1.14. The molecule has 35 heavy (non-hydrogen) atoms. The van der Waals surface area contributed by atoms with Crippen molar-refractivity contribution in [2.24, 2.45) is 17.8 Å². The minimum atomic E-state index is -5.19. The van der Waals surface area contributed by atoms with Crippen LogP contribution in [0.5, 0.6) is 0 Å². The highest BCUT2D eigenvalue weighted by atomic mass is 35.5. The van der Waals surface area contributed by atoms with Crippen molar-refractivity contribution in [2.75, 3.05) is 19.6 Å². The van der Waals surface area contributed by atoms with Crippen LogP contribution in [0.4, 0.5) is 17.6 Å². The first kappa shape index (κ1) is 27.0. The zero-order chi connectivity index (χ0) is 26.1. The molecule has 5 amide bonds. The molecular formula is C20H26ClF4N5O5. The summed E-state index contributed by atoms with van der Waals surface area (Å²) in [4.78, 5) is 62.8. The van der Waals surface area contributed by atoms with Gasteiger partial charge in [0.05, 0.1) is 12.5 Å². The second-order valence-electron chi connectivity index (χ2n) is 8.99. The van der Waals surface area contributed by atoms with Crippen LogP contribution in [0.25, 0.3) is 0 Å². The molecule has 2 aliphatic heterocycles. The van der Waals surface area contributed by atoms with Gasteiger partial charge >= 0.3 is 12.1 Å². The van der Waals surface area contributed by atoms with Crippen molar-refractivity contribution in [2.45, 2.75) is 56.5 Å². The standard InChI is InChI=1S/C20H26ClF4N5O5/c1-9(27-19(35)20(23,24)25)17(33)29-7-10-3-2-4-12(10)13(29)16(32)28-30(18(34)14(21)22)8-11-5-6-26-15(11)31/h9-14H,2-8H2,1H3,(H,26,31)(H,27,35)(H,28,32)/t9-,10-,11-,12-,13-,14-/m0/s1. The number of hydrazine groups is 1. The van der Waals surface area contributed by atoms with Gasteiger partial charge in [-0.05, 0) is 38.0 Å². The number of amides is 5. The molecule has 0 radical (unpaired) electrons. The molecule has 10 nitrogen and oxygen atoms in total. The quantitative estimate of drug-likeness (QED) is 0.258. The lowest BCUT2D eigenvalue weighted by molar-refractivity contribution is -0.175. The van der Waals surface area contributed by atoms with Crippen LogP contribution in [0, 0.1) is 17.8 Å². The van der Waals surface area contributed by atoms with Crippen molar-refractivity contribution in [3.05, 3.63) is 0 Å². The summed E-state index contributed by atoms with van der Waals surface area (Å²) in [7, 11) is 0. The summed E-state index contributed by atoms with van der Waals surface area (Å²) in [6, 6.07) is -2.74. The fraction of sp³-hybridized carbons (Fsp3) is 0.750. The minimum Gasteiger partial charge on any atom is -0.356 e. The molecule has 2 saturated heterocycles. The van der Waals surface area contributed by atoms with E-state index in [9.17, 15) is 41.5 Å². The third-order valence-corrected chi connectivity index (χ3v) is 6.87. The predicted octanol–water partition coefficient (Wildman–Crippen LogP) is 0.211. The Kier molecular flexibility index (Phi) is 8.12. The van der Waals surface area contributed by atoms with Gasteiger partial charge in [0.2, 0.25) is 11.8 Å². The van der Waals surface area contributed by atoms with Gasteiger partial charge in [0.15, 0.2) is 0 Å². The number of hydrogen-bond acceptors (Lipinski definition) is 5. The normalized spacial score (nSPS) is 27.6. The Morgan fingerprint density at radius 1 is 1.23 bits per heavy atom. The minimum absolute atomic E-state index is 0.0774. The van der Waals surface area contributed by atoms with Crippen LogP contribution in [0.3, 0.4) is 0 Å². The van der Waals surface area contributed by atoms with Crippen molar-refractivity contribution in [3.8, 4) is 0 Å². The average molecular weight is 528 g/mol. The van der Waals surface area contributed by atoms with Crippen LogP contribution in [-0.2, 0) is 24.0 Å². The van der Waals surface area contributed by atoms with Gasteiger partial charge in [-0.3, -0.25) is 29.4 Å². The summed E-state index contributed by atoms with van der Waals surface area (Å²) in [6.07, 6.45) is -2.85. The van der Waals surface area contributed by atoms with Crippen LogP contribution in [0.1, 0.15) is 32.6 Å². The summed E-state index contributed by atoms with van der Waals surface area (Å²) in [5.41, 5.74) is -0.234. The summed E-state index contributed by atoms with van der Waals surface area (Å²) in [5.74, 6) is -6.89. The Labute approximate surface area is 203 Å². The van der Waals surface area contributed by atoms with E-state index in [-0.39, 0.29) is 30.8 Å². The Morgan fingerprint density at radius 2 is 1.91 bits per heavy atom. The van der Waals surface area contributed by atoms with E-state index in [4.69, 9.17) is 11.6 Å². The van der Waals surface area contributed by atoms with Gasteiger partial charge in [-0.25, -0.2) is 9.40 Å². The summed E-state index contributed by atoms with van der Waals surface area (Å²) >= 11 is 5.28. The van der Waals surface area contributed by atoms with E-state index in [1.807, 2.05) is 0 Å². The van der Waals surface area contributed by atoms with E-state index >= 15 is 0 Å². The number of rotatable bonds is 6. The summed E-state index contributed by atoms with van der Waals surface area (Å²) < 4.78 is 51.5. The first-order valence-corrected chi connectivity index (χ1v) is 11.6. The van der Waals surface area contributed by atoms with Gasteiger partial charge in [-0.15, -0.1) is 0 Å². The zero-order valence-electron chi connectivity index (χ0n) is 18.7. The SMILES string of the molecule is C[C@H](NC(=O)C(F)(F)F)C(=O)N1C[C@@H]2CCC[C@@H]2[C@H]1C(=O)NN(C[C@@H]1CCNC1=O)C(=O)[C@H](F)Cl. The predicted molar refractivity (Wildman–Crippen MR) is 112 cm³/mol. The number of hydrogen-bond donors (Lipinski definition) is 3. The molecule has 1 aliphatic carbocycles. The number of halogens is 5. The van der Waals surface area contributed by atoms with E-state index in [1.54, 1.807) is 5.32 Å². The molecule has 6 atom stereocenters. The number of alkyl halides is 5. The Hall–Kier alpha value is -2.64. The lowest BCUT2D eigenvalue weighted by Gasteiger charge is -2.32. The highest BCUT2D eigenvalue weighted by Gasteiger charge is 2.51. The second kappa shape index (κ2) is 10.5. The zero-order valence-corrected chi connectivity index (χ0v) is 19.5. The third-order valence-electron chi connectivity index (χ3n) is 6.68. The number of fused-ring (bicyclic) bond motifs is 1. The van der Waals surface area contributed by atoms with Gasteiger partial charge in [-0.2, -0.15) is 13.2 Å². The molecule has 0 spiro atoms. The van der Waals surface area contributed by atoms with Gasteiger partial charge in [0.25, 0.3) is 17.4 Å². The van der Waals surface area contributed by atoms with E-state index in [1.165, 1.54) is 0 Å². The highest BCUT2D eigenvalue weighted by molar-refractivity contribution is 6.29. The molecule has 0 aromatic rings. The topological polar surface area (TPSA) is 128 Å². The molecule has 0 bridgehead atoms. The van der Waals surface area contributed by atoms with E-state index in [2.05, 4.69) is 10.7 Å². The van der Waals surface area contributed by atoms with Crippen molar-refractivity contribution < 1.29 is 41.5 Å². The Morgan fingerprint density at radius 3 is 2.49 bits per heavy atom. The molecule has 2 heterocycles. The maximum atomic E-state index is 13.6. The maximum Gasteiger partial charge on any atom is 0.471 e. The fourth-order valence-corrected chi connectivity index (χ4v) is 5.12. The van der Waals surface area contributed by atoms with Gasteiger partial charge in [-0.1, -0.05) is 18.0 Å². The van der Waals surface area contributed by atoms with Crippen molar-refractivity contribution >= 4 is 41.1 Å².